The van der Waals surface area contributed by atoms with Crippen LogP contribution in [0.4, 0.5) is 0 Å². The Morgan fingerprint density at radius 2 is 1.40 bits per heavy atom. The van der Waals surface area contributed by atoms with E-state index in [-0.39, 0.29) is 6.04 Å². The fourth-order valence-corrected chi connectivity index (χ4v) is 3.85. The molecule has 1 aliphatic heterocycles. The quantitative estimate of drug-likeness (QED) is 0.762. The van der Waals surface area contributed by atoms with Gasteiger partial charge >= 0.3 is 0 Å². The van der Waals surface area contributed by atoms with Gasteiger partial charge in [0.2, 0.25) is 0 Å². The first-order valence-corrected chi connectivity index (χ1v) is 8.88. The van der Waals surface area contributed by atoms with Crippen LogP contribution in [0.25, 0.3) is 0 Å². The molecule has 0 bridgehead atoms. The number of aliphatic hydroxyl groups is 1. The maximum Gasteiger partial charge on any atom is 0.109 e. The number of hydrogen-bond donors (Lipinski definition) is 2. The third-order valence-electron chi connectivity index (χ3n) is 5.25. The molecule has 2 nitrogen and oxygen atoms in total. The minimum Gasteiger partial charge on any atom is -0.383 e. The molecule has 4 rings (SSSR count). The van der Waals surface area contributed by atoms with Crippen molar-refractivity contribution in [1.29, 1.82) is 0 Å². The summed E-state index contributed by atoms with van der Waals surface area (Å²) in [4.78, 5) is 0. The van der Waals surface area contributed by atoms with Crippen molar-refractivity contribution in [2.75, 3.05) is 0 Å². The van der Waals surface area contributed by atoms with Gasteiger partial charge < -0.3 is 10.4 Å². The molecule has 2 N–H and O–H groups in total. The van der Waals surface area contributed by atoms with Crippen LogP contribution >= 0.6 is 0 Å². The molecule has 0 spiro atoms. The molecule has 3 aromatic rings. The Morgan fingerprint density at radius 1 is 0.800 bits per heavy atom. The van der Waals surface area contributed by atoms with E-state index in [0.717, 1.165) is 24.1 Å². The molecule has 126 valence electrons. The molecule has 0 aromatic heterocycles. The van der Waals surface area contributed by atoms with Gasteiger partial charge in [0.15, 0.2) is 0 Å². The maximum absolute atomic E-state index is 11.8. The lowest BCUT2D eigenvalue weighted by atomic mass is 9.77. The molecule has 2 unspecified atom stereocenters. The van der Waals surface area contributed by atoms with Gasteiger partial charge in [0.25, 0.3) is 0 Å². The number of nitrogens with one attached hydrogen (secondary N) is 1. The van der Waals surface area contributed by atoms with Gasteiger partial charge in [-0.2, -0.15) is 0 Å². The normalized spacial score (nSPS) is 19.0. The Bertz CT molecular complexity index is 831. The van der Waals surface area contributed by atoms with Gasteiger partial charge in [-0.3, -0.25) is 0 Å². The predicted octanol–water partition coefficient (Wildman–Crippen LogP) is 3.83. The van der Waals surface area contributed by atoms with Crippen LogP contribution < -0.4 is 5.32 Å². The van der Waals surface area contributed by atoms with E-state index in [1.807, 2.05) is 48.5 Å². The zero-order chi connectivity index (χ0) is 17.1. The van der Waals surface area contributed by atoms with E-state index in [9.17, 15) is 5.11 Å². The smallest absolute Gasteiger partial charge is 0.109 e. The molecule has 2 heteroatoms. The maximum atomic E-state index is 11.8. The van der Waals surface area contributed by atoms with E-state index < -0.39 is 5.60 Å². The van der Waals surface area contributed by atoms with E-state index in [2.05, 4.69) is 41.7 Å². The molecule has 0 saturated heterocycles. The molecule has 0 aliphatic carbocycles. The molecular formula is C23H23NO. The molecule has 0 fully saturated rings. The van der Waals surface area contributed by atoms with Crippen molar-refractivity contribution in [2.45, 2.75) is 31.0 Å². The molecule has 0 radical (unpaired) electrons. The summed E-state index contributed by atoms with van der Waals surface area (Å²) in [7, 11) is 0. The van der Waals surface area contributed by atoms with Crippen LogP contribution in [-0.2, 0) is 25.0 Å². The molecule has 1 heterocycles. The Kier molecular flexibility index (Phi) is 4.39. The Hall–Kier alpha value is -2.42. The van der Waals surface area contributed by atoms with E-state index in [1.165, 1.54) is 11.1 Å². The topological polar surface area (TPSA) is 32.3 Å². The van der Waals surface area contributed by atoms with E-state index >= 15 is 0 Å². The summed E-state index contributed by atoms with van der Waals surface area (Å²) in [5.74, 6) is 0. The van der Waals surface area contributed by atoms with Crippen molar-refractivity contribution >= 4 is 0 Å². The lowest BCUT2D eigenvalue weighted by Gasteiger charge is -2.40. The van der Waals surface area contributed by atoms with Crippen LogP contribution in [0.1, 0.15) is 22.3 Å². The minimum atomic E-state index is -0.948. The van der Waals surface area contributed by atoms with Crippen molar-refractivity contribution in [3.05, 3.63) is 107 Å². The monoisotopic (exact) mass is 329 g/mol. The average molecular weight is 329 g/mol. The van der Waals surface area contributed by atoms with Crippen LogP contribution in [-0.4, -0.2) is 11.1 Å². The SMILES string of the molecule is OC(Cc1ccccc1)(c1ccccc1)C1Cc2ccccc2CN1. The number of fused-ring (bicyclic) bond motifs is 1. The van der Waals surface area contributed by atoms with Gasteiger partial charge in [-0.25, -0.2) is 0 Å². The van der Waals surface area contributed by atoms with Crippen molar-refractivity contribution in [2.24, 2.45) is 0 Å². The average Bonchev–Trinajstić information content (AvgIpc) is 2.69. The van der Waals surface area contributed by atoms with Gasteiger partial charge in [0.1, 0.15) is 5.60 Å². The van der Waals surface area contributed by atoms with Crippen molar-refractivity contribution in [1.82, 2.24) is 5.32 Å². The van der Waals surface area contributed by atoms with Crippen LogP contribution in [0.5, 0.6) is 0 Å². The summed E-state index contributed by atoms with van der Waals surface area (Å²) in [6.07, 6.45) is 1.42. The predicted molar refractivity (Wildman–Crippen MR) is 101 cm³/mol. The highest BCUT2D eigenvalue weighted by Gasteiger charge is 2.40. The molecule has 1 aliphatic rings. The number of benzene rings is 3. The molecule has 0 saturated carbocycles. The van der Waals surface area contributed by atoms with Crippen LogP contribution in [0, 0.1) is 0 Å². The summed E-state index contributed by atoms with van der Waals surface area (Å²) in [6, 6.07) is 28.8. The minimum absolute atomic E-state index is 0.0231. The van der Waals surface area contributed by atoms with Crippen molar-refractivity contribution in [3.8, 4) is 0 Å². The fourth-order valence-electron chi connectivity index (χ4n) is 3.85. The second-order valence-electron chi connectivity index (χ2n) is 6.86. The molecular weight excluding hydrogens is 306 g/mol. The zero-order valence-electron chi connectivity index (χ0n) is 14.2. The summed E-state index contributed by atoms with van der Waals surface area (Å²) in [5, 5.41) is 15.4. The second-order valence-corrected chi connectivity index (χ2v) is 6.86. The Labute approximate surface area is 149 Å². The standard InChI is InChI=1S/C23H23NO/c25-23(21-13-5-2-6-14-21,16-18-9-3-1-4-10-18)22-15-19-11-7-8-12-20(19)17-24-22/h1-14,22,24-25H,15-17H2. The summed E-state index contributed by atoms with van der Waals surface area (Å²) in [6.45, 7) is 0.796. The summed E-state index contributed by atoms with van der Waals surface area (Å²) >= 11 is 0. The van der Waals surface area contributed by atoms with Crippen LogP contribution in [0.3, 0.4) is 0 Å². The molecule has 2 atom stereocenters. The van der Waals surface area contributed by atoms with Crippen LogP contribution in [0.15, 0.2) is 84.9 Å². The van der Waals surface area contributed by atoms with Gasteiger partial charge in [-0.05, 0) is 28.7 Å². The third kappa shape index (κ3) is 3.23. The number of rotatable bonds is 4. The zero-order valence-corrected chi connectivity index (χ0v) is 14.2. The molecule has 25 heavy (non-hydrogen) atoms. The first-order chi connectivity index (χ1) is 12.3. The van der Waals surface area contributed by atoms with Gasteiger partial charge in [-0.15, -0.1) is 0 Å². The fraction of sp³-hybridized carbons (Fsp3) is 0.217. The summed E-state index contributed by atoms with van der Waals surface area (Å²) in [5.41, 5.74) is 3.82. The van der Waals surface area contributed by atoms with E-state index in [4.69, 9.17) is 0 Å². The first kappa shape index (κ1) is 16.1. The Balaban J connectivity index is 1.71. The summed E-state index contributed by atoms with van der Waals surface area (Å²) < 4.78 is 0. The first-order valence-electron chi connectivity index (χ1n) is 8.88. The van der Waals surface area contributed by atoms with Crippen LogP contribution in [0.2, 0.25) is 0 Å². The largest absolute Gasteiger partial charge is 0.383 e. The number of hydrogen-bond acceptors (Lipinski definition) is 2. The second kappa shape index (κ2) is 6.83. The lowest BCUT2D eigenvalue weighted by molar-refractivity contribution is -0.00635. The highest BCUT2D eigenvalue weighted by atomic mass is 16.3. The van der Waals surface area contributed by atoms with Gasteiger partial charge in [0, 0.05) is 19.0 Å². The highest BCUT2D eigenvalue weighted by Crippen LogP contribution is 2.33. The van der Waals surface area contributed by atoms with E-state index in [1.54, 1.807) is 0 Å². The lowest BCUT2D eigenvalue weighted by Crippen LogP contribution is -2.53. The van der Waals surface area contributed by atoms with Crippen molar-refractivity contribution in [3.63, 3.8) is 0 Å². The van der Waals surface area contributed by atoms with E-state index in [0.29, 0.717) is 6.42 Å². The van der Waals surface area contributed by atoms with Crippen molar-refractivity contribution < 1.29 is 5.11 Å². The highest BCUT2D eigenvalue weighted by molar-refractivity contribution is 5.35. The molecule has 0 amide bonds. The van der Waals surface area contributed by atoms with Gasteiger partial charge in [0.05, 0.1) is 0 Å². The van der Waals surface area contributed by atoms with Gasteiger partial charge in [-0.1, -0.05) is 84.9 Å². The Morgan fingerprint density at radius 3 is 2.12 bits per heavy atom. The third-order valence-corrected chi connectivity index (χ3v) is 5.25. The molecule has 3 aromatic carbocycles.